The summed E-state index contributed by atoms with van der Waals surface area (Å²) in [6.07, 6.45) is 3.03. The maximum absolute atomic E-state index is 5.70. The van der Waals surface area contributed by atoms with Gasteiger partial charge in [0.1, 0.15) is 12.1 Å². The van der Waals surface area contributed by atoms with Gasteiger partial charge in [-0.2, -0.15) is 0 Å². The van der Waals surface area contributed by atoms with Crippen molar-refractivity contribution in [2.24, 2.45) is 0 Å². The summed E-state index contributed by atoms with van der Waals surface area (Å²) in [5.74, 6) is 1.07. The summed E-state index contributed by atoms with van der Waals surface area (Å²) in [4.78, 5) is 7.85. The van der Waals surface area contributed by atoms with Gasteiger partial charge in [0.15, 0.2) is 0 Å². The minimum absolute atomic E-state index is 0.451. The van der Waals surface area contributed by atoms with Gasteiger partial charge in [0.2, 0.25) is 5.88 Å². The second-order valence-electron chi connectivity index (χ2n) is 3.00. The molecule has 0 fully saturated rings. The number of rotatable bonds is 2. The van der Waals surface area contributed by atoms with Crippen LogP contribution in [0.3, 0.4) is 0 Å². The van der Waals surface area contributed by atoms with Crippen LogP contribution in [-0.2, 0) is 0 Å². The largest absolute Gasteiger partial charge is 0.438 e. The molecule has 0 aliphatic rings. The Hall–Kier alpha value is -1.14. The second-order valence-corrected chi connectivity index (χ2v) is 4.77. The van der Waals surface area contributed by atoms with Gasteiger partial charge >= 0.3 is 0 Å². The van der Waals surface area contributed by atoms with Crippen molar-refractivity contribution in [3.05, 3.63) is 39.7 Å². The number of hydrogen-bond donors (Lipinski definition) is 1. The fourth-order valence-corrected chi connectivity index (χ4v) is 1.92. The molecule has 0 unspecified atom stereocenters. The normalized spacial score (nSPS) is 10.1. The lowest BCUT2D eigenvalue weighted by atomic mass is 10.3. The first-order valence-electron chi connectivity index (χ1n) is 4.34. The Balaban J connectivity index is 2.30. The quantitative estimate of drug-likeness (QED) is 0.848. The number of halogens is 2. The van der Waals surface area contributed by atoms with Gasteiger partial charge in [-0.15, -0.1) is 0 Å². The zero-order valence-electron chi connectivity index (χ0n) is 8.02. The second kappa shape index (κ2) is 4.80. The van der Waals surface area contributed by atoms with Gasteiger partial charge in [0, 0.05) is 22.4 Å². The first-order chi connectivity index (χ1) is 7.65. The first-order valence-corrected chi connectivity index (χ1v) is 5.93. The highest BCUT2D eigenvalue weighted by atomic mass is 79.9. The molecular formula is C10H7Br2N3O. The minimum atomic E-state index is 0.451. The molecule has 2 N–H and O–H groups in total. The number of nitrogens with two attached hydrogens (primary N) is 1. The number of anilines is 1. The molecule has 1 aromatic heterocycles. The summed E-state index contributed by atoms with van der Waals surface area (Å²) in [5, 5.41) is 0. The van der Waals surface area contributed by atoms with Crippen LogP contribution in [0, 0.1) is 0 Å². The van der Waals surface area contributed by atoms with E-state index >= 15 is 0 Å². The van der Waals surface area contributed by atoms with E-state index in [0.29, 0.717) is 21.8 Å². The van der Waals surface area contributed by atoms with E-state index in [9.17, 15) is 0 Å². The fraction of sp³-hybridized carbons (Fsp3) is 0. The summed E-state index contributed by atoms with van der Waals surface area (Å²) < 4.78 is 7.11. The smallest absolute Gasteiger partial charge is 0.236 e. The SMILES string of the molecule is Nc1cc(Br)cc(Oc2ncncc2Br)c1. The van der Waals surface area contributed by atoms with Crippen molar-refractivity contribution < 1.29 is 4.74 Å². The van der Waals surface area contributed by atoms with E-state index in [1.807, 2.05) is 6.07 Å². The Labute approximate surface area is 109 Å². The fourth-order valence-electron chi connectivity index (χ4n) is 1.13. The molecule has 0 amide bonds. The molecule has 2 aromatic rings. The predicted octanol–water partition coefficient (Wildman–Crippen LogP) is 3.38. The lowest BCUT2D eigenvalue weighted by molar-refractivity contribution is 0.458. The number of nitrogen functional groups attached to an aromatic ring is 1. The molecule has 0 spiro atoms. The maximum Gasteiger partial charge on any atom is 0.236 e. The summed E-state index contributed by atoms with van der Waals surface area (Å²) in [6.45, 7) is 0. The van der Waals surface area contributed by atoms with Crippen molar-refractivity contribution in [3.8, 4) is 11.6 Å². The third kappa shape index (κ3) is 2.70. The number of ether oxygens (including phenoxy) is 1. The summed E-state index contributed by atoms with van der Waals surface area (Å²) in [7, 11) is 0. The van der Waals surface area contributed by atoms with Crippen molar-refractivity contribution in [2.75, 3.05) is 5.73 Å². The third-order valence-corrected chi connectivity index (χ3v) is 2.74. The molecule has 0 radical (unpaired) electrons. The zero-order valence-corrected chi connectivity index (χ0v) is 11.2. The number of benzene rings is 1. The molecule has 82 valence electrons. The van der Waals surface area contributed by atoms with Crippen LogP contribution in [0.15, 0.2) is 39.7 Å². The Morgan fingerprint density at radius 3 is 2.69 bits per heavy atom. The van der Waals surface area contributed by atoms with Crippen LogP contribution in [0.4, 0.5) is 5.69 Å². The molecule has 1 heterocycles. The molecule has 0 atom stereocenters. The Morgan fingerprint density at radius 2 is 2.00 bits per heavy atom. The summed E-state index contributed by atoms with van der Waals surface area (Å²) in [5.41, 5.74) is 6.32. The van der Waals surface area contributed by atoms with E-state index in [1.54, 1.807) is 18.3 Å². The van der Waals surface area contributed by atoms with Crippen LogP contribution in [-0.4, -0.2) is 9.97 Å². The average molecular weight is 345 g/mol. The molecule has 0 saturated carbocycles. The molecule has 0 aliphatic carbocycles. The van der Waals surface area contributed by atoms with Crippen LogP contribution in [0.2, 0.25) is 0 Å². The first kappa shape index (κ1) is 11.3. The van der Waals surface area contributed by atoms with Crippen LogP contribution in [0.1, 0.15) is 0 Å². The van der Waals surface area contributed by atoms with Gasteiger partial charge in [-0.1, -0.05) is 15.9 Å². The molecule has 0 aliphatic heterocycles. The van der Waals surface area contributed by atoms with Gasteiger partial charge in [-0.05, 0) is 28.1 Å². The van der Waals surface area contributed by atoms with E-state index in [0.717, 1.165) is 4.47 Å². The Morgan fingerprint density at radius 1 is 1.19 bits per heavy atom. The lowest BCUT2D eigenvalue weighted by Crippen LogP contribution is -1.92. The maximum atomic E-state index is 5.70. The minimum Gasteiger partial charge on any atom is -0.438 e. The molecule has 1 aromatic carbocycles. The van der Waals surface area contributed by atoms with Crippen LogP contribution >= 0.6 is 31.9 Å². The Kier molecular flexibility index (Phi) is 3.40. The van der Waals surface area contributed by atoms with Crippen molar-refractivity contribution in [1.29, 1.82) is 0 Å². The van der Waals surface area contributed by atoms with Gasteiger partial charge in [-0.3, -0.25) is 0 Å². The Bertz CT molecular complexity index is 499. The molecule has 4 nitrogen and oxygen atoms in total. The highest BCUT2D eigenvalue weighted by molar-refractivity contribution is 9.10. The molecule has 0 saturated heterocycles. The average Bonchev–Trinajstić information content (AvgIpc) is 2.20. The molecular weight excluding hydrogens is 338 g/mol. The van der Waals surface area contributed by atoms with Crippen molar-refractivity contribution in [2.45, 2.75) is 0 Å². The van der Waals surface area contributed by atoms with Crippen LogP contribution in [0.25, 0.3) is 0 Å². The van der Waals surface area contributed by atoms with Gasteiger partial charge in [-0.25, -0.2) is 9.97 Å². The molecule has 6 heteroatoms. The van der Waals surface area contributed by atoms with E-state index in [2.05, 4.69) is 41.8 Å². The van der Waals surface area contributed by atoms with Gasteiger partial charge < -0.3 is 10.5 Å². The van der Waals surface area contributed by atoms with Crippen molar-refractivity contribution in [3.63, 3.8) is 0 Å². The third-order valence-electron chi connectivity index (χ3n) is 1.74. The van der Waals surface area contributed by atoms with Gasteiger partial charge in [0.25, 0.3) is 0 Å². The number of aromatic nitrogens is 2. The van der Waals surface area contributed by atoms with E-state index in [1.165, 1.54) is 6.33 Å². The van der Waals surface area contributed by atoms with Crippen molar-refractivity contribution >= 4 is 37.5 Å². The van der Waals surface area contributed by atoms with Gasteiger partial charge in [0.05, 0.1) is 4.47 Å². The van der Waals surface area contributed by atoms with E-state index < -0.39 is 0 Å². The monoisotopic (exact) mass is 343 g/mol. The number of nitrogens with zero attached hydrogens (tertiary/aromatic N) is 2. The lowest BCUT2D eigenvalue weighted by Gasteiger charge is -2.07. The van der Waals surface area contributed by atoms with Crippen LogP contribution in [0.5, 0.6) is 11.6 Å². The highest BCUT2D eigenvalue weighted by Gasteiger charge is 2.05. The topological polar surface area (TPSA) is 61.0 Å². The number of hydrogen-bond acceptors (Lipinski definition) is 4. The predicted molar refractivity (Wildman–Crippen MR) is 68.4 cm³/mol. The van der Waals surface area contributed by atoms with Crippen molar-refractivity contribution in [1.82, 2.24) is 9.97 Å². The summed E-state index contributed by atoms with van der Waals surface area (Å²) >= 11 is 6.64. The van der Waals surface area contributed by atoms with E-state index in [4.69, 9.17) is 10.5 Å². The zero-order chi connectivity index (χ0) is 11.5. The summed E-state index contributed by atoms with van der Waals surface area (Å²) in [6, 6.07) is 5.33. The molecule has 2 rings (SSSR count). The van der Waals surface area contributed by atoms with E-state index in [-0.39, 0.29) is 0 Å². The highest BCUT2D eigenvalue weighted by Crippen LogP contribution is 2.29. The van der Waals surface area contributed by atoms with Crippen LogP contribution < -0.4 is 10.5 Å². The molecule has 16 heavy (non-hydrogen) atoms. The molecule has 0 bridgehead atoms. The standard InChI is InChI=1S/C10H7Br2N3O/c11-6-1-7(13)3-8(2-6)16-10-9(12)4-14-5-15-10/h1-5H,13H2.